The van der Waals surface area contributed by atoms with Crippen molar-refractivity contribution < 1.29 is 9.47 Å². The summed E-state index contributed by atoms with van der Waals surface area (Å²) in [7, 11) is 0. The van der Waals surface area contributed by atoms with E-state index in [9.17, 15) is 0 Å². The lowest BCUT2D eigenvalue weighted by atomic mass is 9.73. The van der Waals surface area contributed by atoms with E-state index in [0.717, 1.165) is 32.7 Å². The fourth-order valence-electron chi connectivity index (χ4n) is 3.19. The molecule has 0 radical (unpaired) electrons. The SMILES string of the molecule is CC1CN(C(N)=NC2CC3OCCCC23)CCO1.I. The molecule has 19 heavy (non-hydrogen) atoms. The molecule has 6 heteroatoms. The number of hydrogen-bond acceptors (Lipinski definition) is 3. The molecule has 3 fully saturated rings. The van der Waals surface area contributed by atoms with E-state index in [1.54, 1.807) is 0 Å². The smallest absolute Gasteiger partial charge is 0.191 e. The molecule has 1 aliphatic carbocycles. The predicted octanol–water partition coefficient (Wildman–Crippen LogP) is 1.21. The summed E-state index contributed by atoms with van der Waals surface area (Å²) < 4.78 is 11.2. The van der Waals surface area contributed by atoms with Crippen LogP contribution in [0.4, 0.5) is 0 Å². The van der Waals surface area contributed by atoms with Crippen molar-refractivity contribution in [3.05, 3.63) is 0 Å². The molecule has 0 aromatic rings. The molecule has 4 atom stereocenters. The van der Waals surface area contributed by atoms with E-state index >= 15 is 0 Å². The lowest BCUT2D eigenvalue weighted by Gasteiger charge is -2.45. The zero-order valence-corrected chi connectivity index (χ0v) is 13.8. The maximum atomic E-state index is 6.12. The second-order valence-electron chi connectivity index (χ2n) is 5.63. The van der Waals surface area contributed by atoms with E-state index in [4.69, 9.17) is 20.2 Å². The van der Waals surface area contributed by atoms with Crippen molar-refractivity contribution in [2.75, 3.05) is 26.3 Å². The molecule has 5 nitrogen and oxygen atoms in total. The monoisotopic (exact) mass is 381 g/mol. The molecule has 2 saturated heterocycles. The summed E-state index contributed by atoms with van der Waals surface area (Å²) in [5.41, 5.74) is 6.12. The van der Waals surface area contributed by atoms with Crippen molar-refractivity contribution in [2.45, 2.75) is 44.4 Å². The molecular weight excluding hydrogens is 357 g/mol. The quantitative estimate of drug-likeness (QED) is 0.422. The molecule has 3 aliphatic rings. The number of halogens is 1. The Kier molecular flexibility index (Phi) is 5.30. The van der Waals surface area contributed by atoms with Crippen LogP contribution < -0.4 is 5.73 Å². The van der Waals surface area contributed by atoms with Crippen LogP contribution in [0.25, 0.3) is 0 Å². The van der Waals surface area contributed by atoms with Gasteiger partial charge in [-0.2, -0.15) is 0 Å². The summed E-state index contributed by atoms with van der Waals surface area (Å²) in [5.74, 6) is 1.30. The van der Waals surface area contributed by atoms with Crippen LogP contribution in [0.2, 0.25) is 0 Å². The Balaban J connectivity index is 0.00000133. The largest absolute Gasteiger partial charge is 0.378 e. The minimum absolute atomic E-state index is 0. The lowest BCUT2D eigenvalue weighted by Crippen LogP contribution is -2.52. The van der Waals surface area contributed by atoms with Crippen molar-refractivity contribution in [1.29, 1.82) is 0 Å². The molecule has 4 unspecified atom stereocenters. The van der Waals surface area contributed by atoms with Crippen molar-refractivity contribution >= 4 is 29.9 Å². The number of aliphatic imine (C=N–C) groups is 1. The Hall–Kier alpha value is -0.0800. The first kappa shape index (κ1) is 15.3. The summed E-state index contributed by atoms with van der Waals surface area (Å²) in [5, 5.41) is 0. The van der Waals surface area contributed by atoms with Crippen LogP contribution in [0.15, 0.2) is 4.99 Å². The van der Waals surface area contributed by atoms with E-state index in [2.05, 4.69) is 11.8 Å². The second-order valence-corrected chi connectivity index (χ2v) is 5.63. The van der Waals surface area contributed by atoms with Crippen LogP contribution in [0.5, 0.6) is 0 Å². The lowest BCUT2D eigenvalue weighted by molar-refractivity contribution is -0.0941. The first-order chi connectivity index (χ1) is 8.74. The number of nitrogens with two attached hydrogens (primary N) is 1. The Labute approximate surface area is 131 Å². The minimum Gasteiger partial charge on any atom is -0.378 e. The van der Waals surface area contributed by atoms with E-state index in [1.165, 1.54) is 12.8 Å². The zero-order valence-electron chi connectivity index (χ0n) is 11.5. The van der Waals surface area contributed by atoms with Gasteiger partial charge >= 0.3 is 0 Å². The number of morpholine rings is 1. The summed E-state index contributed by atoms with van der Waals surface area (Å²) in [6, 6.07) is 0.383. The second kappa shape index (κ2) is 6.58. The summed E-state index contributed by atoms with van der Waals surface area (Å²) >= 11 is 0. The molecule has 2 N–H and O–H groups in total. The average molecular weight is 381 g/mol. The van der Waals surface area contributed by atoms with Crippen LogP contribution in [-0.2, 0) is 9.47 Å². The van der Waals surface area contributed by atoms with Gasteiger partial charge in [-0.3, -0.25) is 0 Å². The number of hydrogen-bond donors (Lipinski definition) is 1. The number of fused-ring (bicyclic) bond motifs is 1. The summed E-state index contributed by atoms with van der Waals surface area (Å²) in [6.45, 7) is 5.46. The molecule has 110 valence electrons. The van der Waals surface area contributed by atoms with Crippen LogP contribution in [0.3, 0.4) is 0 Å². The third-order valence-electron chi connectivity index (χ3n) is 4.32. The minimum atomic E-state index is 0. The molecule has 2 heterocycles. The van der Waals surface area contributed by atoms with Crippen LogP contribution in [0.1, 0.15) is 26.2 Å². The van der Waals surface area contributed by atoms with E-state index in [-0.39, 0.29) is 30.1 Å². The highest BCUT2D eigenvalue weighted by Crippen LogP contribution is 2.39. The van der Waals surface area contributed by atoms with Crippen LogP contribution >= 0.6 is 24.0 Å². The molecule has 0 bridgehead atoms. The fourth-order valence-corrected chi connectivity index (χ4v) is 3.19. The Morgan fingerprint density at radius 3 is 2.89 bits per heavy atom. The molecule has 3 rings (SSSR count). The van der Waals surface area contributed by atoms with Crippen molar-refractivity contribution in [2.24, 2.45) is 16.6 Å². The van der Waals surface area contributed by atoms with E-state index in [0.29, 0.717) is 24.0 Å². The van der Waals surface area contributed by atoms with Gasteiger partial charge in [0.1, 0.15) is 0 Å². The highest BCUT2D eigenvalue weighted by atomic mass is 127. The molecule has 0 amide bonds. The van der Waals surface area contributed by atoms with Gasteiger partial charge < -0.3 is 20.1 Å². The van der Waals surface area contributed by atoms with Gasteiger partial charge in [-0.25, -0.2) is 4.99 Å². The number of ether oxygens (including phenoxy) is 2. The van der Waals surface area contributed by atoms with Crippen LogP contribution in [0, 0.1) is 5.92 Å². The maximum Gasteiger partial charge on any atom is 0.191 e. The van der Waals surface area contributed by atoms with Gasteiger partial charge in [0.15, 0.2) is 5.96 Å². The fraction of sp³-hybridized carbons (Fsp3) is 0.923. The maximum absolute atomic E-state index is 6.12. The number of guanidine groups is 1. The third kappa shape index (κ3) is 3.33. The first-order valence-corrected chi connectivity index (χ1v) is 7.05. The van der Waals surface area contributed by atoms with Crippen LogP contribution in [-0.4, -0.2) is 55.4 Å². The average Bonchev–Trinajstić information content (AvgIpc) is 2.36. The standard InChI is InChI=1S/C13H23N3O2.HI/c1-9-8-16(4-6-17-9)13(14)15-11-7-12-10(11)3-2-5-18-12;/h9-12H,2-8H2,1H3,(H2,14,15);1H. The van der Waals surface area contributed by atoms with Gasteiger partial charge in [0.2, 0.25) is 0 Å². The van der Waals surface area contributed by atoms with Crippen molar-refractivity contribution in [3.8, 4) is 0 Å². The Bertz CT molecular complexity index is 340. The van der Waals surface area contributed by atoms with E-state index in [1.807, 2.05) is 0 Å². The molecule has 0 aromatic heterocycles. The summed E-state index contributed by atoms with van der Waals surface area (Å²) in [4.78, 5) is 6.85. The van der Waals surface area contributed by atoms with E-state index < -0.39 is 0 Å². The van der Waals surface area contributed by atoms with Crippen molar-refractivity contribution in [1.82, 2.24) is 4.90 Å². The number of rotatable bonds is 1. The number of nitrogens with zero attached hydrogens (tertiary/aromatic N) is 2. The molecule has 1 saturated carbocycles. The molecular formula is C13H24IN3O2. The molecule has 2 aliphatic heterocycles. The third-order valence-corrected chi connectivity index (χ3v) is 4.32. The highest BCUT2D eigenvalue weighted by molar-refractivity contribution is 14.0. The van der Waals surface area contributed by atoms with Crippen molar-refractivity contribution in [3.63, 3.8) is 0 Å². The topological polar surface area (TPSA) is 60.1 Å². The highest BCUT2D eigenvalue weighted by Gasteiger charge is 2.43. The predicted molar refractivity (Wildman–Crippen MR) is 84.9 cm³/mol. The van der Waals surface area contributed by atoms with Gasteiger partial charge in [0.25, 0.3) is 0 Å². The van der Waals surface area contributed by atoms with Gasteiger partial charge in [0, 0.05) is 25.6 Å². The normalized spacial score (nSPS) is 39.0. The Morgan fingerprint density at radius 2 is 2.16 bits per heavy atom. The Morgan fingerprint density at radius 1 is 1.32 bits per heavy atom. The molecule has 0 spiro atoms. The summed E-state index contributed by atoms with van der Waals surface area (Å²) in [6.07, 6.45) is 4.15. The zero-order chi connectivity index (χ0) is 12.5. The molecule has 0 aromatic carbocycles. The van der Waals surface area contributed by atoms with Gasteiger partial charge in [0.05, 0.1) is 24.9 Å². The van der Waals surface area contributed by atoms with Gasteiger partial charge in [-0.1, -0.05) is 0 Å². The van der Waals surface area contributed by atoms with Gasteiger partial charge in [-0.05, 0) is 26.2 Å². The first-order valence-electron chi connectivity index (χ1n) is 7.05. The van der Waals surface area contributed by atoms with Gasteiger partial charge in [-0.15, -0.1) is 24.0 Å².